The van der Waals surface area contributed by atoms with Gasteiger partial charge in [-0.1, -0.05) is 20.3 Å². The van der Waals surface area contributed by atoms with Gasteiger partial charge in [-0.15, -0.1) is 0 Å². The molecule has 0 aromatic carbocycles. The number of rotatable bonds is 12. The normalized spacial score (nSPS) is 19.4. The minimum absolute atomic E-state index is 0.0882. The van der Waals surface area contributed by atoms with Crippen LogP contribution in [0.15, 0.2) is 12.5 Å². The second kappa shape index (κ2) is 12.4. The summed E-state index contributed by atoms with van der Waals surface area (Å²) >= 11 is 3.96. The van der Waals surface area contributed by atoms with Gasteiger partial charge in [-0.3, -0.25) is 14.4 Å². The summed E-state index contributed by atoms with van der Waals surface area (Å²) in [5, 5.41) is 20.2. The van der Waals surface area contributed by atoms with Crippen LogP contribution in [-0.4, -0.2) is 75.2 Å². The monoisotopic (exact) mass is 468 g/mol. The second-order valence-electron chi connectivity index (χ2n) is 7.94. The molecular formula is C20H32N6O5S. The average molecular weight is 469 g/mol. The zero-order chi connectivity index (χ0) is 23.7. The topological polar surface area (TPSA) is 165 Å². The van der Waals surface area contributed by atoms with Crippen LogP contribution in [-0.2, 0) is 25.6 Å². The lowest BCUT2D eigenvalue weighted by Gasteiger charge is -2.27. The van der Waals surface area contributed by atoms with Crippen LogP contribution in [0.4, 0.5) is 0 Å². The van der Waals surface area contributed by atoms with Gasteiger partial charge in [0.25, 0.3) is 0 Å². The summed E-state index contributed by atoms with van der Waals surface area (Å²) in [6.45, 7) is 4.38. The molecule has 0 radical (unpaired) electrons. The highest BCUT2D eigenvalue weighted by molar-refractivity contribution is 7.80. The Morgan fingerprint density at radius 2 is 1.97 bits per heavy atom. The number of nitrogens with zero attached hydrogens (tertiary/aromatic N) is 1. The van der Waals surface area contributed by atoms with Crippen LogP contribution in [0.5, 0.6) is 0 Å². The molecule has 6 N–H and O–H groups in total. The van der Waals surface area contributed by atoms with E-state index in [0.717, 1.165) is 13.0 Å². The van der Waals surface area contributed by atoms with Crippen molar-refractivity contribution in [3.8, 4) is 0 Å². The first-order valence-electron chi connectivity index (χ1n) is 10.7. The molecule has 5 atom stereocenters. The highest BCUT2D eigenvalue weighted by atomic mass is 32.1. The molecule has 1 saturated heterocycles. The smallest absolute Gasteiger partial charge is 0.327 e. The number of thiol groups is 1. The second-order valence-corrected chi connectivity index (χ2v) is 8.31. The van der Waals surface area contributed by atoms with E-state index in [1.54, 1.807) is 13.1 Å². The first-order valence-corrected chi connectivity index (χ1v) is 11.3. The van der Waals surface area contributed by atoms with Crippen molar-refractivity contribution in [2.45, 2.75) is 63.7 Å². The van der Waals surface area contributed by atoms with E-state index in [0.29, 0.717) is 18.5 Å². The van der Waals surface area contributed by atoms with E-state index in [4.69, 9.17) is 0 Å². The van der Waals surface area contributed by atoms with E-state index in [9.17, 15) is 24.3 Å². The molecule has 1 aliphatic heterocycles. The van der Waals surface area contributed by atoms with Crippen molar-refractivity contribution < 1.29 is 24.3 Å². The van der Waals surface area contributed by atoms with Crippen LogP contribution in [0.1, 0.15) is 38.8 Å². The van der Waals surface area contributed by atoms with Gasteiger partial charge in [0.15, 0.2) is 0 Å². The quantitative estimate of drug-likeness (QED) is 0.198. The molecule has 2 rings (SSSR count). The minimum Gasteiger partial charge on any atom is -0.480 e. The third-order valence-corrected chi connectivity index (χ3v) is 5.94. The van der Waals surface area contributed by atoms with Crippen molar-refractivity contribution in [3.05, 3.63) is 18.2 Å². The number of carboxylic acids is 1. The van der Waals surface area contributed by atoms with Gasteiger partial charge in [-0.2, -0.15) is 12.6 Å². The molecular weight excluding hydrogens is 436 g/mol. The summed E-state index contributed by atoms with van der Waals surface area (Å²) in [7, 11) is 0. The van der Waals surface area contributed by atoms with Crippen molar-refractivity contribution >= 4 is 36.3 Å². The van der Waals surface area contributed by atoms with Crippen molar-refractivity contribution in [1.29, 1.82) is 0 Å². The highest BCUT2D eigenvalue weighted by Gasteiger charge is 2.33. The first-order chi connectivity index (χ1) is 15.3. The van der Waals surface area contributed by atoms with E-state index < -0.39 is 35.9 Å². The van der Waals surface area contributed by atoms with Gasteiger partial charge in [0.2, 0.25) is 17.7 Å². The first kappa shape index (κ1) is 25.7. The van der Waals surface area contributed by atoms with E-state index in [1.165, 1.54) is 6.33 Å². The summed E-state index contributed by atoms with van der Waals surface area (Å²) in [5.41, 5.74) is 0.649. The molecule has 178 valence electrons. The van der Waals surface area contributed by atoms with Gasteiger partial charge in [-0.05, 0) is 25.3 Å². The standard InChI is InChI=1S/C20H32N6O5S/c1-3-11(2)16(19(29)25-15(9-32)20(30)31)26-18(28)14(7-12-8-21-10-23-12)24-17(27)13-5-4-6-22-13/h8,10-11,13-16,22,32H,3-7,9H2,1-2H3,(H,21,23)(H,24,27)(H,25,29)(H,26,28)(H,30,31). The van der Waals surface area contributed by atoms with Gasteiger partial charge in [-0.25, -0.2) is 9.78 Å². The molecule has 1 fully saturated rings. The molecule has 1 aromatic heterocycles. The van der Waals surface area contributed by atoms with Crippen molar-refractivity contribution in [2.75, 3.05) is 12.3 Å². The minimum atomic E-state index is -1.21. The largest absolute Gasteiger partial charge is 0.480 e. The number of aliphatic carboxylic acids is 1. The molecule has 12 heteroatoms. The number of amides is 3. The van der Waals surface area contributed by atoms with E-state index in [-0.39, 0.29) is 30.0 Å². The molecule has 0 aliphatic carbocycles. The third kappa shape index (κ3) is 7.23. The molecule has 0 saturated carbocycles. The van der Waals surface area contributed by atoms with E-state index in [2.05, 4.69) is 43.9 Å². The fourth-order valence-electron chi connectivity index (χ4n) is 3.41. The molecule has 1 aliphatic rings. The van der Waals surface area contributed by atoms with Gasteiger partial charge in [0, 0.05) is 24.1 Å². The number of nitrogens with one attached hydrogen (secondary N) is 5. The molecule has 0 spiro atoms. The summed E-state index contributed by atoms with van der Waals surface area (Å²) in [6, 6.07) is -3.46. The average Bonchev–Trinajstić information content (AvgIpc) is 3.48. The molecule has 32 heavy (non-hydrogen) atoms. The SMILES string of the molecule is CCC(C)C(NC(=O)C(Cc1cnc[nH]1)NC(=O)C1CCCN1)C(=O)NC(CS)C(=O)O. The molecule has 11 nitrogen and oxygen atoms in total. The maximum atomic E-state index is 13.2. The lowest BCUT2D eigenvalue weighted by molar-refractivity contribution is -0.142. The summed E-state index contributed by atoms with van der Waals surface area (Å²) in [6.07, 6.45) is 5.32. The Morgan fingerprint density at radius 1 is 1.22 bits per heavy atom. The number of imidazole rings is 1. The molecule has 3 amide bonds. The summed E-state index contributed by atoms with van der Waals surface area (Å²) < 4.78 is 0. The van der Waals surface area contributed by atoms with Gasteiger partial charge < -0.3 is 31.4 Å². The Hall–Kier alpha value is -2.60. The fraction of sp³-hybridized carbons (Fsp3) is 0.650. The number of aromatic nitrogens is 2. The van der Waals surface area contributed by atoms with Crippen molar-refractivity contribution in [3.63, 3.8) is 0 Å². The van der Waals surface area contributed by atoms with Crippen molar-refractivity contribution in [2.24, 2.45) is 5.92 Å². The van der Waals surface area contributed by atoms with Crippen LogP contribution >= 0.6 is 12.6 Å². The third-order valence-electron chi connectivity index (χ3n) is 5.58. The number of H-pyrrole nitrogens is 1. The van der Waals surface area contributed by atoms with Crippen LogP contribution < -0.4 is 21.3 Å². The van der Waals surface area contributed by atoms with E-state index >= 15 is 0 Å². The summed E-state index contributed by atoms with van der Waals surface area (Å²) in [5.74, 6) is -3.01. The number of carboxylic acid groups (broad SMARTS) is 1. The lowest BCUT2D eigenvalue weighted by atomic mass is 9.97. The number of carbonyl (C=O) groups is 4. The summed E-state index contributed by atoms with van der Waals surface area (Å²) in [4.78, 5) is 56.7. The number of aromatic amines is 1. The van der Waals surface area contributed by atoms with E-state index in [1.807, 2.05) is 6.92 Å². The Bertz CT molecular complexity index is 783. The molecule has 5 unspecified atom stereocenters. The highest BCUT2D eigenvalue weighted by Crippen LogP contribution is 2.11. The van der Waals surface area contributed by atoms with Gasteiger partial charge >= 0.3 is 5.97 Å². The lowest BCUT2D eigenvalue weighted by Crippen LogP contribution is -2.59. The predicted octanol–water partition coefficient (Wildman–Crippen LogP) is -0.781. The number of carbonyl (C=O) groups excluding carboxylic acids is 3. The zero-order valence-electron chi connectivity index (χ0n) is 18.3. The Morgan fingerprint density at radius 3 is 2.50 bits per heavy atom. The van der Waals surface area contributed by atoms with Gasteiger partial charge in [0.05, 0.1) is 12.4 Å². The Labute approximate surface area is 192 Å². The van der Waals surface area contributed by atoms with Crippen molar-refractivity contribution in [1.82, 2.24) is 31.2 Å². The maximum absolute atomic E-state index is 13.2. The number of hydrogen-bond acceptors (Lipinski definition) is 7. The Kier molecular flexibility index (Phi) is 9.97. The molecule has 2 heterocycles. The van der Waals surface area contributed by atoms with Crippen LogP contribution in [0.3, 0.4) is 0 Å². The fourth-order valence-corrected chi connectivity index (χ4v) is 3.66. The van der Waals surface area contributed by atoms with Crippen LogP contribution in [0, 0.1) is 5.92 Å². The molecule has 1 aromatic rings. The van der Waals surface area contributed by atoms with Crippen LogP contribution in [0.2, 0.25) is 0 Å². The predicted molar refractivity (Wildman–Crippen MR) is 120 cm³/mol. The van der Waals surface area contributed by atoms with Gasteiger partial charge in [0.1, 0.15) is 18.1 Å². The Balaban J connectivity index is 2.15. The van der Waals surface area contributed by atoms with Crippen LogP contribution in [0.25, 0.3) is 0 Å². The zero-order valence-corrected chi connectivity index (χ0v) is 19.2. The molecule has 0 bridgehead atoms. The number of hydrogen-bond donors (Lipinski definition) is 7. The maximum Gasteiger partial charge on any atom is 0.327 e.